The van der Waals surface area contributed by atoms with Crippen molar-refractivity contribution >= 4 is 45.6 Å². The zero-order chi connectivity index (χ0) is 19.9. The predicted octanol–water partition coefficient (Wildman–Crippen LogP) is 4.98. The Morgan fingerprint density at radius 3 is 2.46 bits per heavy atom. The molecular formula is C21H20ClN3O2S. The number of carbonyl (C=O) groups is 2. The van der Waals surface area contributed by atoms with E-state index in [-0.39, 0.29) is 11.8 Å². The van der Waals surface area contributed by atoms with E-state index in [1.807, 2.05) is 42.6 Å². The lowest BCUT2D eigenvalue weighted by atomic mass is 10.2. The third kappa shape index (κ3) is 5.18. The normalized spacial score (nSPS) is 10.5. The number of aryl methyl sites for hydroxylation is 1. The van der Waals surface area contributed by atoms with Gasteiger partial charge in [0.2, 0.25) is 5.91 Å². The lowest BCUT2D eigenvalue weighted by Crippen LogP contribution is -2.28. The highest BCUT2D eigenvalue weighted by Crippen LogP contribution is 2.29. The number of amides is 2. The van der Waals surface area contributed by atoms with Crippen molar-refractivity contribution in [3.63, 3.8) is 0 Å². The second-order valence-electron chi connectivity index (χ2n) is 6.20. The number of nitrogens with one attached hydrogen (secondary N) is 1. The molecule has 2 aromatic carbocycles. The van der Waals surface area contributed by atoms with E-state index in [1.165, 1.54) is 11.3 Å². The summed E-state index contributed by atoms with van der Waals surface area (Å²) >= 11 is 7.27. The number of aromatic nitrogens is 1. The van der Waals surface area contributed by atoms with Crippen LogP contribution in [0.2, 0.25) is 5.02 Å². The first-order valence-corrected chi connectivity index (χ1v) is 10.1. The molecule has 0 atom stereocenters. The molecule has 2 amide bonds. The highest BCUT2D eigenvalue weighted by molar-refractivity contribution is 7.14. The molecule has 3 rings (SSSR count). The number of carbonyl (C=O) groups excluding carboxylic acids is 2. The highest BCUT2D eigenvalue weighted by atomic mass is 35.5. The van der Waals surface area contributed by atoms with E-state index in [1.54, 1.807) is 29.2 Å². The number of rotatable bonds is 7. The van der Waals surface area contributed by atoms with Crippen molar-refractivity contribution < 1.29 is 9.59 Å². The summed E-state index contributed by atoms with van der Waals surface area (Å²) in [5.74, 6) is -0.235. The molecule has 0 aliphatic heterocycles. The number of hydrogen-bond donors (Lipinski definition) is 1. The standard InChI is InChI=1S/C21H20ClN3O2S/c1-15-14-28-21(24-15)25(18-6-3-2-4-7-18)19(26)8-5-13-23-20(27)16-9-11-17(22)12-10-16/h2-4,6-7,9-12,14H,5,8,13H2,1H3,(H,23,27). The maximum atomic E-state index is 12.9. The summed E-state index contributed by atoms with van der Waals surface area (Å²) in [6, 6.07) is 16.2. The largest absolute Gasteiger partial charge is 0.352 e. The average Bonchev–Trinajstić information content (AvgIpc) is 3.12. The van der Waals surface area contributed by atoms with E-state index >= 15 is 0 Å². The van der Waals surface area contributed by atoms with Crippen molar-refractivity contribution in [2.24, 2.45) is 0 Å². The van der Waals surface area contributed by atoms with Gasteiger partial charge in [-0.05, 0) is 49.7 Å². The number of para-hydroxylation sites is 1. The van der Waals surface area contributed by atoms with E-state index in [2.05, 4.69) is 10.3 Å². The van der Waals surface area contributed by atoms with Crippen LogP contribution in [0.25, 0.3) is 0 Å². The van der Waals surface area contributed by atoms with Crippen LogP contribution in [0.5, 0.6) is 0 Å². The van der Waals surface area contributed by atoms with Crippen molar-refractivity contribution in [1.29, 1.82) is 0 Å². The maximum Gasteiger partial charge on any atom is 0.251 e. The van der Waals surface area contributed by atoms with Gasteiger partial charge in [-0.15, -0.1) is 11.3 Å². The van der Waals surface area contributed by atoms with Gasteiger partial charge in [-0.3, -0.25) is 14.5 Å². The van der Waals surface area contributed by atoms with Gasteiger partial charge >= 0.3 is 0 Å². The van der Waals surface area contributed by atoms with Crippen molar-refractivity contribution in [2.75, 3.05) is 11.4 Å². The van der Waals surface area contributed by atoms with Crippen LogP contribution in [0, 0.1) is 6.92 Å². The lowest BCUT2D eigenvalue weighted by molar-refractivity contribution is -0.118. The number of hydrogen-bond acceptors (Lipinski definition) is 4. The van der Waals surface area contributed by atoms with E-state index in [4.69, 9.17) is 11.6 Å². The molecule has 1 N–H and O–H groups in total. The van der Waals surface area contributed by atoms with Gasteiger partial charge in [-0.25, -0.2) is 4.98 Å². The van der Waals surface area contributed by atoms with Gasteiger partial charge in [0.15, 0.2) is 5.13 Å². The second kappa shape index (κ2) is 9.48. The first kappa shape index (κ1) is 20.0. The van der Waals surface area contributed by atoms with Crippen LogP contribution in [-0.2, 0) is 4.79 Å². The molecule has 0 radical (unpaired) electrons. The van der Waals surface area contributed by atoms with Crippen molar-refractivity contribution in [3.8, 4) is 0 Å². The van der Waals surface area contributed by atoms with Gasteiger partial charge in [0, 0.05) is 28.9 Å². The van der Waals surface area contributed by atoms with E-state index < -0.39 is 0 Å². The Bertz CT molecular complexity index is 942. The van der Waals surface area contributed by atoms with E-state index in [9.17, 15) is 9.59 Å². The van der Waals surface area contributed by atoms with Crippen LogP contribution >= 0.6 is 22.9 Å². The summed E-state index contributed by atoms with van der Waals surface area (Å²) in [6.45, 7) is 2.31. The Morgan fingerprint density at radius 1 is 1.11 bits per heavy atom. The van der Waals surface area contributed by atoms with Gasteiger partial charge < -0.3 is 5.32 Å². The summed E-state index contributed by atoms with van der Waals surface area (Å²) in [6.07, 6.45) is 0.834. The Kier molecular flexibility index (Phi) is 6.79. The van der Waals surface area contributed by atoms with Crippen molar-refractivity contribution in [2.45, 2.75) is 19.8 Å². The molecule has 3 aromatic rings. The predicted molar refractivity (Wildman–Crippen MR) is 113 cm³/mol. The minimum atomic E-state index is -0.181. The Labute approximate surface area is 173 Å². The summed E-state index contributed by atoms with van der Waals surface area (Å²) < 4.78 is 0. The lowest BCUT2D eigenvalue weighted by Gasteiger charge is -2.20. The van der Waals surface area contributed by atoms with E-state index in [0.717, 1.165) is 11.4 Å². The molecule has 0 saturated heterocycles. The minimum absolute atomic E-state index is 0.0544. The quantitative estimate of drug-likeness (QED) is 0.555. The van der Waals surface area contributed by atoms with Gasteiger partial charge in [-0.1, -0.05) is 29.8 Å². The minimum Gasteiger partial charge on any atom is -0.352 e. The zero-order valence-corrected chi connectivity index (χ0v) is 17.0. The van der Waals surface area contributed by atoms with Gasteiger partial charge in [0.25, 0.3) is 5.91 Å². The first-order chi connectivity index (χ1) is 13.5. The monoisotopic (exact) mass is 413 g/mol. The van der Waals surface area contributed by atoms with Gasteiger partial charge in [0.1, 0.15) is 0 Å². The van der Waals surface area contributed by atoms with Gasteiger partial charge in [-0.2, -0.15) is 0 Å². The molecule has 5 nitrogen and oxygen atoms in total. The zero-order valence-electron chi connectivity index (χ0n) is 15.4. The molecular weight excluding hydrogens is 394 g/mol. The number of halogens is 1. The average molecular weight is 414 g/mol. The molecule has 0 aliphatic rings. The summed E-state index contributed by atoms with van der Waals surface area (Å²) in [5, 5.41) is 5.99. The highest BCUT2D eigenvalue weighted by Gasteiger charge is 2.20. The summed E-state index contributed by atoms with van der Waals surface area (Å²) in [5.41, 5.74) is 2.20. The molecule has 0 saturated carbocycles. The number of nitrogens with zero attached hydrogens (tertiary/aromatic N) is 2. The number of thiazole rings is 1. The van der Waals surface area contributed by atoms with Crippen LogP contribution in [0.1, 0.15) is 28.9 Å². The van der Waals surface area contributed by atoms with Gasteiger partial charge in [0.05, 0.1) is 11.4 Å². The molecule has 0 fully saturated rings. The molecule has 28 heavy (non-hydrogen) atoms. The molecule has 144 valence electrons. The van der Waals surface area contributed by atoms with Crippen LogP contribution in [0.4, 0.5) is 10.8 Å². The summed E-state index contributed by atoms with van der Waals surface area (Å²) in [4.78, 5) is 31.1. The molecule has 1 aromatic heterocycles. The van der Waals surface area contributed by atoms with Crippen LogP contribution < -0.4 is 10.2 Å². The molecule has 0 aliphatic carbocycles. The van der Waals surface area contributed by atoms with Crippen LogP contribution in [0.3, 0.4) is 0 Å². The Hall–Kier alpha value is -2.70. The molecule has 0 unspecified atom stereocenters. The van der Waals surface area contributed by atoms with Crippen LogP contribution in [0.15, 0.2) is 60.0 Å². The molecule has 1 heterocycles. The maximum absolute atomic E-state index is 12.9. The first-order valence-electron chi connectivity index (χ1n) is 8.88. The topological polar surface area (TPSA) is 62.3 Å². The Morgan fingerprint density at radius 2 is 1.82 bits per heavy atom. The smallest absolute Gasteiger partial charge is 0.251 e. The van der Waals surface area contributed by atoms with Crippen molar-refractivity contribution in [1.82, 2.24) is 10.3 Å². The fourth-order valence-electron chi connectivity index (χ4n) is 2.64. The van der Waals surface area contributed by atoms with Crippen molar-refractivity contribution in [3.05, 3.63) is 76.3 Å². The number of benzene rings is 2. The third-order valence-corrected chi connectivity index (χ3v) is 5.22. The molecule has 0 bridgehead atoms. The fraction of sp³-hybridized carbons (Fsp3) is 0.190. The van der Waals surface area contributed by atoms with E-state index in [0.29, 0.717) is 35.1 Å². The Balaban J connectivity index is 1.58. The summed E-state index contributed by atoms with van der Waals surface area (Å²) in [7, 11) is 0. The second-order valence-corrected chi connectivity index (χ2v) is 7.48. The number of anilines is 2. The SMILES string of the molecule is Cc1csc(N(C(=O)CCCNC(=O)c2ccc(Cl)cc2)c2ccccc2)n1. The fourth-order valence-corrected chi connectivity index (χ4v) is 3.60. The third-order valence-electron chi connectivity index (χ3n) is 4.02. The molecule has 0 spiro atoms. The molecule has 7 heteroatoms. The van der Waals surface area contributed by atoms with Crippen LogP contribution in [-0.4, -0.2) is 23.3 Å².